The van der Waals surface area contributed by atoms with Crippen LogP contribution >= 0.6 is 0 Å². The number of hydrogen-bond donors (Lipinski definition) is 1. The Bertz CT molecular complexity index is 248. The van der Waals surface area contributed by atoms with E-state index in [4.69, 9.17) is 4.74 Å². The summed E-state index contributed by atoms with van der Waals surface area (Å²) in [5, 5.41) is 2.71. The summed E-state index contributed by atoms with van der Waals surface area (Å²) in [6, 6.07) is -0.387. The highest BCUT2D eigenvalue weighted by Gasteiger charge is 2.29. The molecule has 1 saturated carbocycles. The number of hydrogen-bond acceptors (Lipinski definition) is 3. The zero-order valence-electron chi connectivity index (χ0n) is 8.12. The Morgan fingerprint density at radius 1 is 1.43 bits per heavy atom. The first-order valence-corrected chi connectivity index (χ1v) is 5.21. The molecule has 4 heteroatoms. The van der Waals surface area contributed by atoms with Gasteiger partial charge in [0.1, 0.15) is 6.04 Å². The van der Waals surface area contributed by atoms with Gasteiger partial charge in [-0.2, -0.15) is 0 Å². The second kappa shape index (κ2) is 3.98. The lowest BCUT2D eigenvalue weighted by Gasteiger charge is -2.24. The van der Waals surface area contributed by atoms with Crippen molar-refractivity contribution < 1.29 is 14.3 Å². The van der Waals surface area contributed by atoms with E-state index in [1.807, 2.05) is 0 Å². The first kappa shape index (κ1) is 9.49. The molecule has 2 fully saturated rings. The predicted molar refractivity (Wildman–Crippen MR) is 49.5 cm³/mol. The number of carbonyl (C=O) groups is 2. The molecule has 1 heterocycles. The minimum absolute atomic E-state index is 0.00134. The highest BCUT2D eigenvalue weighted by molar-refractivity contribution is 5.85. The zero-order chi connectivity index (χ0) is 9.97. The third-order valence-corrected chi connectivity index (χ3v) is 2.97. The Morgan fingerprint density at radius 3 is 2.71 bits per heavy atom. The number of cyclic esters (lactones) is 1. The average Bonchev–Trinajstić information content (AvgIpc) is 2.45. The van der Waals surface area contributed by atoms with Gasteiger partial charge in [0.25, 0.3) is 0 Å². The molecule has 0 radical (unpaired) electrons. The second-order valence-electron chi connectivity index (χ2n) is 4.08. The van der Waals surface area contributed by atoms with Crippen LogP contribution in [0.4, 0.5) is 0 Å². The summed E-state index contributed by atoms with van der Waals surface area (Å²) >= 11 is 0. The Kier molecular flexibility index (Phi) is 2.70. The minimum Gasteiger partial charge on any atom is -0.464 e. The second-order valence-corrected chi connectivity index (χ2v) is 4.08. The maximum absolute atomic E-state index is 11.4. The van der Waals surface area contributed by atoms with E-state index in [1.54, 1.807) is 0 Å². The molecule has 0 aromatic rings. The van der Waals surface area contributed by atoms with Crippen molar-refractivity contribution in [1.29, 1.82) is 0 Å². The van der Waals surface area contributed by atoms with Crippen LogP contribution in [-0.2, 0) is 14.3 Å². The summed E-state index contributed by atoms with van der Waals surface area (Å²) in [5.74, 6) is 0.262. The number of esters is 1. The maximum atomic E-state index is 11.4. The third-order valence-electron chi connectivity index (χ3n) is 2.97. The summed E-state index contributed by atoms with van der Waals surface area (Å²) in [6.45, 7) is 0.438. The molecule has 0 aromatic carbocycles. The van der Waals surface area contributed by atoms with E-state index < -0.39 is 0 Å². The Hall–Kier alpha value is -1.06. The lowest BCUT2D eigenvalue weighted by Crippen LogP contribution is -2.39. The number of amides is 1. The summed E-state index contributed by atoms with van der Waals surface area (Å²) in [4.78, 5) is 22.5. The molecule has 1 N–H and O–H groups in total. The van der Waals surface area contributed by atoms with Crippen LogP contribution in [0.1, 0.15) is 32.1 Å². The molecule has 2 aliphatic rings. The standard InChI is InChI=1S/C10H15NO3/c12-9(6-7-2-1-3-7)11-8-4-5-14-10(8)13/h7-8H,1-6H2,(H,11,12)/t8-/m0/s1. The van der Waals surface area contributed by atoms with Crippen LogP contribution in [0.2, 0.25) is 0 Å². The quantitative estimate of drug-likeness (QED) is 0.674. The summed E-state index contributed by atoms with van der Waals surface area (Å²) in [6.07, 6.45) is 4.74. The molecular weight excluding hydrogens is 182 g/mol. The molecule has 1 saturated heterocycles. The van der Waals surface area contributed by atoms with E-state index in [-0.39, 0.29) is 17.9 Å². The molecule has 0 spiro atoms. The van der Waals surface area contributed by atoms with Crippen LogP contribution in [0.5, 0.6) is 0 Å². The third kappa shape index (κ3) is 2.05. The minimum atomic E-state index is -0.387. The summed E-state index contributed by atoms with van der Waals surface area (Å²) in [7, 11) is 0. The molecule has 78 valence electrons. The average molecular weight is 197 g/mol. The highest BCUT2D eigenvalue weighted by Crippen LogP contribution is 2.29. The topological polar surface area (TPSA) is 55.4 Å². The normalized spacial score (nSPS) is 26.9. The lowest BCUT2D eigenvalue weighted by atomic mass is 9.83. The van der Waals surface area contributed by atoms with Gasteiger partial charge >= 0.3 is 5.97 Å². The fourth-order valence-corrected chi connectivity index (χ4v) is 1.84. The molecular formula is C10H15NO3. The largest absolute Gasteiger partial charge is 0.464 e. The van der Waals surface area contributed by atoms with Gasteiger partial charge in [-0.3, -0.25) is 4.79 Å². The molecule has 0 unspecified atom stereocenters. The first-order chi connectivity index (χ1) is 6.75. The Morgan fingerprint density at radius 2 is 2.21 bits per heavy atom. The van der Waals surface area contributed by atoms with Crippen molar-refractivity contribution in [2.24, 2.45) is 5.92 Å². The van der Waals surface area contributed by atoms with Gasteiger partial charge in [0.05, 0.1) is 6.61 Å². The van der Waals surface area contributed by atoms with Crippen LogP contribution in [0.25, 0.3) is 0 Å². The van der Waals surface area contributed by atoms with Gasteiger partial charge in [0.15, 0.2) is 0 Å². The van der Waals surface area contributed by atoms with Crippen molar-refractivity contribution in [3.05, 3.63) is 0 Å². The van der Waals surface area contributed by atoms with Gasteiger partial charge in [-0.1, -0.05) is 6.42 Å². The van der Waals surface area contributed by atoms with E-state index in [0.717, 1.165) is 12.8 Å². The van der Waals surface area contributed by atoms with Gasteiger partial charge in [-0.15, -0.1) is 0 Å². The summed E-state index contributed by atoms with van der Waals surface area (Å²) in [5.41, 5.74) is 0. The molecule has 14 heavy (non-hydrogen) atoms. The molecule has 0 aromatic heterocycles. The molecule has 1 amide bonds. The van der Waals surface area contributed by atoms with Gasteiger partial charge in [0, 0.05) is 12.8 Å². The molecule has 1 aliphatic heterocycles. The van der Waals surface area contributed by atoms with Crippen molar-refractivity contribution >= 4 is 11.9 Å². The molecule has 1 atom stereocenters. The Balaban J connectivity index is 1.73. The van der Waals surface area contributed by atoms with E-state index in [9.17, 15) is 9.59 Å². The van der Waals surface area contributed by atoms with Crippen molar-refractivity contribution in [2.45, 2.75) is 38.1 Å². The SMILES string of the molecule is O=C(CC1CCC1)N[C@H]1CCOC1=O. The molecule has 0 bridgehead atoms. The smallest absolute Gasteiger partial charge is 0.328 e. The van der Waals surface area contributed by atoms with Gasteiger partial charge in [-0.25, -0.2) is 4.79 Å². The first-order valence-electron chi connectivity index (χ1n) is 5.21. The summed E-state index contributed by atoms with van der Waals surface area (Å²) < 4.78 is 4.76. The lowest BCUT2D eigenvalue weighted by molar-refractivity contribution is -0.141. The molecule has 4 nitrogen and oxygen atoms in total. The van der Waals surface area contributed by atoms with Crippen LogP contribution in [0.3, 0.4) is 0 Å². The van der Waals surface area contributed by atoms with Crippen LogP contribution in [-0.4, -0.2) is 24.5 Å². The van der Waals surface area contributed by atoms with Crippen LogP contribution in [0.15, 0.2) is 0 Å². The van der Waals surface area contributed by atoms with E-state index in [0.29, 0.717) is 25.4 Å². The monoisotopic (exact) mass is 197 g/mol. The van der Waals surface area contributed by atoms with Crippen molar-refractivity contribution in [2.75, 3.05) is 6.61 Å². The van der Waals surface area contributed by atoms with Gasteiger partial charge in [0.2, 0.25) is 5.91 Å². The van der Waals surface area contributed by atoms with E-state index in [2.05, 4.69) is 5.32 Å². The number of ether oxygens (including phenoxy) is 1. The number of rotatable bonds is 3. The Labute approximate surface area is 83.0 Å². The van der Waals surface area contributed by atoms with E-state index >= 15 is 0 Å². The van der Waals surface area contributed by atoms with Crippen LogP contribution in [0, 0.1) is 5.92 Å². The molecule has 1 aliphatic carbocycles. The van der Waals surface area contributed by atoms with Crippen molar-refractivity contribution in [1.82, 2.24) is 5.32 Å². The number of nitrogens with one attached hydrogen (secondary N) is 1. The van der Waals surface area contributed by atoms with E-state index in [1.165, 1.54) is 6.42 Å². The fourth-order valence-electron chi connectivity index (χ4n) is 1.84. The molecule has 2 rings (SSSR count). The zero-order valence-corrected chi connectivity index (χ0v) is 8.12. The maximum Gasteiger partial charge on any atom is 0.328 e. The van der Waals surface area contributed by atoms with Crippen molar-refractivity contribution in [3.8, 4) is 0 Å². The fraction of sp³-hybridized carbons (Fsp3) is 0.800. The number of carbonyl (C=O) groups excluding carboxylic acids is 2. The van der Waals surface area contributed by atoms with Gasteiger partial charge in [-0.05, 0) is 18.8 Å². The van der Waals surface area contributed by atoms with Gasteiger partial charge < -0.3 is 10.1 Å². The predicted octanol–water partition coefficient (Wildman–Crippen LogP) is 0.608. The van der Waals surface area contributed by atoms with Crippen molar-refractivity contribution in [3.63, 3.8) is 0 Å². The highest BCUT2D eigenvalue weighted by atomic mass is 16.5. The van der Waals surface area contributed by atoms with Crippen LogP contribution < -0.4 is 5.32 Å².